The molecule has 0 N–H and O–H groups in total. The third-order valence-electron chi connectivity index (χ3n) is 4.04. The Kier molecular flexibility index (Phi) is 4.21. The van der Waals surface area contributed by atoms with Gasteiger partial charge in [-0.1, -0.05) is 0 Å². The second kappa shape index (κ2) is 5.96. The van der Waals surface area contributed by atoms with Crippen molar-refractivity contribution in [2.75, 3.05) is 0 Å². The van der Waals surface area contributed by atoms with E-state index in [1.807, 2.05) is 13.8 Å². The maximum atomic E-state index is 8.60. The Morgan fingerprint density at radius 1 is 1.14 bits per heavy atom. The first-order chi connectivity index (χ1) is 10.0. The molecule has 1 nitrogen and oxygen atoms in total. The number of aryl methyl sites for hydroxylation is 2. The van der Waals surface area contributed by atoms with Gasteiger partial charge in [0.1, 0.15) is 0 Å². The molecule has 0 aliphatic heterocycles. The molecular formula is C19H28GeN+. The zero-order valence-corrected chi connectivity index (χ0v) is 16.5. The van der Waals surface area contributed by atoms with Gasteiger partial charge in [-0.2, -0.15) is 0 Å². The van der Waals surface area contributed by atoms with Gasteiger partial charge in [0.25, 0.3) is 0 Å². The van der Waals surface area contributed by atoms with E-state index in [2.05, 4.69) is 72.3 Å². The number of pyridine rings is 1. The molecule has 0 amide bonds. The van der Waals surface area contributed by atoms with Crippen LogP contribution in [0.2, 0.25) is 17.3 Å². The molecule has 1 aromatic heterocycles. The van der Waals surface area contributed by atoms with Crippen molar-refractivity contribution in [2.45, 2.75) is 43.9 Å². The molecule has 0 aliphatic rings. The Bertz CT molecular complexity index is 694. The fraction of sp³-hybridized carbons (Fsp3) is 0.421. The summed E-state index contributed by atoms with van der Waals surface area (Å²) < 4.78 is 12.3. The summed E-state index contributed by atoms with van der Waals surface area (Å²) in [6, 6.07) is 10.7. The predicted molar refractivity (Wildman–Crippen MR) is 94.9 cm³/mol. The molecule has 2 rings (SSSR count). The molecule has 2 aromatic rings. The molecule has 0 fully saturated rings. The molecule has 112 valence electrons. The summed E-state index contributed by atoms with van der Waals surface area (Å²) in [7, 11) is 2.12. The van der Waals surface area contributed by atoms with Gasteiger partial charge in [-0.3, -0.25) is 0 Å². The average molecular weight is 344 g/mol. The molecule has 1 aromatic carbocycles. The van der Waals surface area contributed by atoms with Crippen LogP contribution < -0.4 is 8.96 Å². The van der Waals surface area contributed by atoms with E-state index in [0.29, 0.717) is 0 Å². The van der Waals surface area contributed by atoms with Crippen LogP contribution in [0.1, 0.15) is 32.2 Å². The molecule has 0 saturated heterocycles. The standard InChI is InChI=1S/C19H28GeN/c1-14(2)17-12-19(16-11-9-8-10-15(16)3)21(7)13-18(17)20(4,5)6/h8-14H,1-7H3/q+1/i14D. The molecule has 2 heteroatoms. The minimum atomic E-state index is -2.03. The van der Waals surface area contributed by atoms with E-state index in [-0.39, 0.29) is 0 Å². The van der Waals surface area contributed by atoms with Crippen molar-refractivity contribution in [1.82, 2.24) is 0 Å². The normalized spacial score (nSPS) is 13.2. The maximum absolute atomic E-state index is 8.60. The first-order valence-electron chi connectivity index (χ1n) is 8.12. The van der Waals surface area contributed by atoms with E-state index >= 15 is 0 Å². The Balaban J connectivity index is 2.77. The molecular weight excluding hydrogens is 315 g/mol. The number of hydrogen-bond acceptors (Lipinski definition) is 0. The van der Waals surface area contributed by atoms with Crippen molar-refractivity contribution in [1.29, 1.82) is 0 Å². The van der Waals surface area contributed by atoms with Crippen molar-refractivity contribution in [3.05, 3.63) is 47.7 Å². The Morgan fingerprint density at radius 2 is 1.76 bits per heavy atom. The van der Waals surface area contributed by atoms with Gasteiger partial charge < -0.3 is 0 Å². The van der Waals surface area contributed by atoms with Crippen molar-refractivity contribution >= 4 is 17.7 Å². The predicted octanol–water partition coefficient (Wildman–Crippen LogP) is 4.16. The van der Waals surface area contributed by atoms with Crippen molar-refractivity contribution < 1.29 is 5.94 Å². The van der Waals surface area contributed by atoms with Gasteiger partial charge in [0, 0.05) is 0 Å². The van der Waals surface area contributed by atoms with Gasteiger partial charge in [0.15, 0.2) is 0 Å². The van der Waals surface area contributed by atoms with Crippen molar-refractivity contribution in [3.63, 3.8) is 0 Å². The van der Waals surface area contributed by atoms with Crippen LogP contribution in [0.3, 0.4) is 0 Å². The van der Waals surface area contributed by atoms with Gasteiger partial charge in [-0.15, -0.1) is 0 Å². The van der Waals surface area contributed by atoms with Gasteiger partial charge in [0.2, 0.25) is 0 Å². The van der Waals surface area contributed by atoms with Crippen LogP contribution >= 0.6 is 0 Å². The third kappa shape index (κ3) is 3.40. The Hall–Kier alpha value is -1.09. The minimum absolute atomic E-state index is 0.570. The zero-order chi connectivity index (χ0) is 16.7. The first-order valence-corrected chi connectivity index (χ1v) is 15.0. The van der Waals surface area contributed by atoms with E-state index in [1.54, 1.807) is 0 Å². The van der Waals surface area contributed by atoms with Crippen LogP contribution in [0.4, 0.5) is 0 Å². The average Bonchev–Trinajstić information content (AvgIpc) is 2.37. The molecule has 0 aliphatic carbocycles. The second-order valence-corrected chi connectivity index (χ2v) is 17.7. The summed E-state index contributed by atoms with van der Waals surface area (Å²) in [4.78, 5) is 0. The molecule has 0 atom stereocenters. The summed E-state index contributed by atoms with van der Waals surface area (Å²) >= 11 is -2.03. The summed E-state index contributed by atoms with van der Waals surface area (Å²) in [5.74, 6) is 6.63. The molecule has 0 bridgehead atoms. The third-order valence-corrected chi connectivity index (χ3v) is 8.27. The van der Waals surface area contributed by atoms with E-state index in [0.717, 1.165) is 0 Å². The Morgan fingerprint density at radius 3 is 2.29 bits per heavy atom. The van der Waals surface area contributed by atoms with Crippen molar-refractivity contribution in [3.8, 4) is 11.3 Å². The van der Waals surface area contributed by atoms with Crippen LogP contribution in [0.5, 0.6) is 0 Å². The van der Waals surface area contributed by atoms with Gasteiger partial charge in [-0.05, 0) is 0 Å². The van der Waals surface area contributed by atoms with Crippen LogP contribution in [-0.2, 0) is 7.05 Å². The van der Waals surface area contributed by atoms with E-state index in [4.69, 9.17) is 1.37 Å². The van der Waals surface area contributed by atoms with Crippen LogP contribution in [0.25, 0.3) is 11.3 Å². The van der Waals surface area contributed by atoms with Crippen LogP contribution in [0.15, 0.2) is 36.5 Å². The topological polar surface area (TPSA) is 3.88 Å². The number of nitrogens with zero attached hydrogens (tertiary/aromatic N) is 1. The molecule has 0 spiro atoms. The quantitative estimate of drug-likeness (QED) is 0.582. The van der Waals surface area contributed by atoms with E-state index < -0.39 is 19.2 Å². The van der Waals surface area contributed by atoms with Gasteiger partial charge in [0.05, 0.1) is 0 Å². The fourth-order valence-corrected chi connectivity index (χ4v) is 6.38. The molecule has 0 radical (unpaired) electrons. The van der Waals surface area contributed by atoms with Gasteiger partial charge >= 0.3 is 133 Å². The van der Waals surface area contributed by atoms with Crippen LogP contribution in [0, 0.1) is 6.92 Å². The monoisotopic (exact) mass is 345 g/mol. The Labute approximate surface area is 133 Å². The van der Waals surface area contributed by atoms with Crippen LogP contribution in [-0.4, -0.2) is 13.3 Å². The first kappa shape index (κ1) is 14.8. The number of aromatic nitrogens is 1. The number of hydrogen-bond donors (Lipinski definition) is 0. The molecule has 0 unspecified atom stereocenters. The SMILES string of the molecule is [2H]C(C)(C)c1cc(-c2ccccc2C)[n+](C)c[c]1[Ge]([CH3])([CH3])[CH3]. The van der Waals surface area contributed by atoms with E-state index in [9.17, 15) is 0 Å². The number of benzene rings is 1. The molecule has 0 saturated carbocycles. The summed E-state index contributed by atoms with van der Waals surface area (Å²) in [6.07, 6.45) is 2.29. The molecule has 1 heterocycles. The summed E-state index contributed by atoms with van der Waals surface area (Å²) in [6.45, 7) is 6.15. The summed E-state index contributed by atoms with van der Waals surface area (Å²) in [5.41, 5.74) is 4.92. The van der Waals surface area contributed by atoms with Gasteiger partial charge in [-0.25, -0.2) is 0 Å². The zero-order valence-electron chi connectivity index (χ0n) is 15.4. The van der Waals surface area contributed by atoms with E-state index in [1.165, 1.54) is 26.8 Å². The molecule has 21 heavy (non-hydrogen) atoms. The second-order valence-electron chi connectivity index (χ2n) is 7.16. The van der Waals surface area contributed by atoms with Crippen molar-refractivity contribution in [2.24, 2.45) is 7.05 Å². The fourth-order valence-electron chi connectivity index (χ4n) is 2.79. The number of rotatable bonds is 3. The summed E-state index contributed by atoms with van der Waals surface area (Å²) in [5, 5.41) is 0.